The monoisotopic (exact) mass is 203 g/mol. The summed E-state index contributed by atoms with van der Waals surface area (Å²) in [6.07, 6.45) is 1.13. The summed E-state index contributed by atoms with van der Waals surface area (Å²) in [5, 5.41) is 8.96. The SMILES string of the molecule is CC1CS(=O)CCN1C1CC1CO. The first kappa shape index (κ1) is 9.62. The van der Waals surface area contributed by atoms with E-state index < -0.39 is 10.8 Å². The van der Waals surface area contributed by atoms with Crippen molar-refractivity contribution >= 4 is 10.8 Å². The normalized spacial score (nSPS) is 46.3. The molecule has 2 fully saturated rings. The number of aliphatic hydroxyl groups excluding tert-OH is 1. The van der Waals surface area contributed by atoms with Gasteiger partial charge in [-0.25, -0.2) is 0 Å². The summed E-state index contributed by atoms with van der Waals surface area (Å²) in [5.74, 6) is 2.13. The van der Waals surface area contributed by atoms with Gasteiger partial charge in [0.1, 0.15) is 0 Å². The zero-order valence-electron chi connectivity index (χ0n) is 7.98. The van der Waals surface area contributed by atoms with Crippen LogP contribution in [0.2, 0.25) is 0 Å². The van der Waals surface area contributed by atoms with E-state index in [0.717, 1.165) is 24.5 Å². The Balaban J connectivity index is 1.90. The average molecular weight is 203 g/mol. The summed E-state index contributed by atoms with van der Waals surface area (Å²) in [5.41, 5.74) is 0. The third-order valence-corrected chi connectivity index (χ3v) is 4.61. The van der Waals surface area contributed by atoms with Gasteiger partial charge in [0.05, 0.1) is 0 Å². The van der Waals surface area contributed by atoms with E-state index in [9.17, 15) is 4.21 Å². The highest BCUT2D eigenvalue weighted by molar-refractivity contribution is 7.85. The maximum absolute atomic E-state index is 11.2. The van der Waals surface area contributed by atoms with Gasteiger partial charge in [-0.15, -0.1) is 0 Å². The van der Waals surface area contributed by atoms with Crippen LogP contribution >= 0.6 is 0 Å². The van der Waals surface area contributed by atoms with Crippen LogP contribution in [-0.4, -0.2) is 51.0 Å². The van der Waals surface area contributed by atoms with E-state index in [2.05, 4.69) is 11.8 Å². The molecule has 0 amide bonds. The number of hydrogen-bond donors (Lipinski definition) is 1. The highest BCUT2D eigenvalue weighted by atomic mass is 32.2. The van der Waals surface area contributed by atoms with Crippen molar-refractivity contribution in [2.75, 3.05) is 24.7 Å². The Bertz CT molecular complexity index is 222. The molecule has 2 rings (SSSR count). The summed E-state index contributed by atoms with van der Waals surface area (Å²) in [6, 6.07) is 1.02. The molecule has 1 N–H and O–H groups in total. The van der Waals surface area contributed by atoms with Crippen LogP contribution in [0.25, 0.3) is 0 Å². The van der Waals surface area contributed by atoms with Crippen LogP contribution in [0.5, 0.6) is 0 Å². The largest absolute Gasteiger partial charge is 0.396 e. The minimum absolute atomic E-state index is 0.316. The van der Waals surface area contributed by atoms with Crippen molar-refractivity contribution < 1.29 is 9.32 Å². The molecule has 2 aliphatic rings. The number of rotatable bonds is 2. The molecule has 76 valence electrons. The van der Waals surface area contributed by atoms with Gasteiger partial charge in [-0.1, -0.05) is 0 Å². The van der Waals surface area contributed by atoms with Crippen LogP contribution < -0.4 is 0 Å². The number of hydrogen-bond acceptors (Lipinski definition) is 3. The molecule has 4 heteroatoms. The predicted octanol–water partition coefficient (Wildman–Crippen LogP) is -0.180. The van der Waals surface area contributed by atoms with Crippen molar-refractivity contribution in [2.24, 2.45) is 5.92 Å². The van der Waals surface area contributed by atoms with E-state index in [0.29, 0.717) is 24.6 Å². The van der Waals surface area contributed by atoms with Crippen molar-refractivity contribution in [1.82, 2.24) is 4.90 Å². The van der Waals surface area contributed by atoms with Crippen LogP contribution in [0.15, 0.2) is 0 Å². The molecule has 0 spiro atoms. The molecule has 1 aliphatic carbocycles. The molecule has 4 unspecified atom stereocenters. The van der Waals surface area contributed by atoms with Gasteiger partial charge in [0.15, 0.2) is 0 Å². The zero-order valence-corrected chi connectivity index (χ0v) is 8.80. The Morgan fingerprint density at radius 2 is 2.38 bits per heavy atom. The molecule has 0 bridgehead atoms. The van der Waals surface area contributed by atoms with Gasteiger partial charge >= 0.3 is 0 Å². The van der Waals surface area contributed by atoms with Gasteiger partial charge in [-0.3, -0.25) is 9.11 Å². The number of nitrogens with zero attached hydrogens (tertiary/aromatic N) is 1. The van der Waals surface area contributed by atoms with Crippen LogP contribution in [0, 0.1) is 5.92 Å². The molecule has 1 saturated heterocycles. The lowest BCUT2D eigenvalue weighted by atomic mass is 10.3. The zero-order chi connectivity index (χ0) is 9.42. The Morgan fingerprint density at radius 1 is 1.62 bits per heavy atom. The van der Waals surface area contributed by atoms with E-state index >= 15 is 0 Å². The van der Waals surface area contributed by atoms with Gasteiger partial charge in [0.2, 0.25) is 0 Å². The first-order valence-corrected chi connectivity index (χ1v) is 6.42. The summed E-state index contributed by atoms with van der Waals surface area (Å²) < 4.78 is 11.2. The van der Waals surface area contributed by atoms with Crippen LogP contribution in [0.1, 0.15) is 13.3 Å². The smallest absolute Gasteiger partial charge is 0.0474 e. The minimum Gasteiger partial charge on any atom is -0.396 e. The molecule has 0 aromatic rings. The van der Waals surface area contributed by atoms with Crippen molar-refractivity contribution in [3.05, 3.63) is 0 Å². The quantitative estimate of drug-likeness (QED) is 0.677. The van der Waals surface area contributed by atoms with Gasteiger partial charge in [0, 0.05) is 47.5 Å². The predicted molar refractivity (Wildman–Crippen MR) is 53.0 cm³/mol. The third kappa shape index (κ3) is 1.95. The highest BCUT2D eigenvalue weighted by Gasteiger charge is 2.43. The van der Waals surface area contributed by atoms with Crippen molar-refractivity contribution in [3.63, 3.8) is 0 Å². The lowest BCUT2D eigenvalue weighted by Gasteiger charge is -2.33. The fourth-order valence-electron chi connectivity index (χ4n) is 2.20. The maximum atomic E-state index is 11.2. The number of aliphatic hydroxyl groups is 1. The van der Waals surface area contributed by atoms with Crippen LogP contribution in [0.4, 0.5) is 0 Å². The van der Waals surface area contributed by atoms with E-state index in [1.807, 2.05) is 0 Å². The van der Waals surface area contributed by atoms with Crippen LogP contribution in [0.3, 0.4) is 0 Å². The summed E-state index contributed by atoms with van der Waals surface area (Å²) in [7, 11) is -0.597. The summed E-state index contributed by atoms with van der Waals surface area (Å²) >= 11 is 0. The van der Waals surface area contributed by atoms with Crippen LogP contribution in [-0.2, 0) is 10.8 Å². The fourth-order valence-corrected chi connectivity index (χ4v) is 3.51. The average Bonchev–Trinajstić information content (AvgIpc) is 2.83. The van der Waals surface area contributed by atoms with Gasteiger partial charge in [0.25, 0.3) is 0 Å². The molecule has 0 aromatic heterocycles. The van der Waals surface area contributed by atoms with Gasteiger partial charge in [-0.2, -0.15) is 0 Å². The fraction of sp³-hybridized carbons (Fsp3) is 1.00. The van der Waals surface area contributed by atoms with E-state index in [4.69, 9.17) is 5.11 Å². The van der Waals surface area contributed by atoms with Crippen molar-refractivity contribution in [2.45, 2.75) is 25.4 Å². The second-order valence-corrected chi connectivity index (χ2v) is 5.76. The molecule has 1 aliphatic heterocycles. The molecule has 0 aromatic carbocycles. The lowest BCUT2D eigenvalue weighted by molar-refractivity contribution is 0.187. The third-order valence-electron chi connectivity index (χ3n) is 3.12. The van der Waals surface area contributed by atoms with Gasteiger partial charge < -0.3 is 5.11 Å². The molecule has 0 radical (unpaired) electrons. The molecule has 1 saturated carbocycles. The standard InChI is InChI=1S/C9H17NO2S/c1-7-6-13(12)3-2-10(7)9-4-8(9)5-11/h7-9,11H,2-6H2,1H3. The first-order valence-electron chi connectivity index (χ1n) is 4.94. The van der Waals surface area contributed by atoms with Crippen molar-refractivity contribution in [3.8, 4) is 0 Å². The highest BCUT2D eigenvalue weighted by Crippen LogP contribution is 2.37. The first-order chi connectivity index (χ1) is 6.22. The Labute approximate surface area is 81.6 Å². The van der Waals surface area contributed by atoms with E-state index in [-0.39, 0.29) is 0 Å². The Hall–Kier alpha value is 0.0700. The molecule has 3 nitrogen and oxygen atoms in total. The molecular formula is C9H17NO2S. The molecule has 13 heavy (non-hydrogen) atoms. The van der Waals surface area contributed by atoms with E-state index in [1.54, 1.807) is 0 Å². The van der Waals surface area contributed by atoms with E-state index in [1.165, 1.54) is 0 Å². The van der Waals surface area contributed by atoms with Gasteiger partial charge in [-0.05, 0) is 19.3 Å². The molecule has 1 heterocycles. The minimum atomic E-state index is -0.597. The molecule has 4 atom stereocenters. The summed E-state index contributed by atoms with van der Waals surface area (Å²) in [4.78, 5) is 2.42. The second kappa shape index (κ2) is 3.67. The topological polar surface area (TPSA) is 40.5 Å². The maximum Gasteiger partial charge on any atom is 0.0474 e. The Morgan fingerprint density at radius 3 is 2.92 bits per heavy atom. The second-order valence-electron chi connectivity index (χ2n) is 4.14. The lowest BCUT2D eigenvalue weighted by Crippen LogP contribution is -2.46. The van der Waals surface area contributed by atoms with Crippen molar-refractivity contribution in [1.29, 1.82) is 0 Å². The summed E-state index contributed by atoms with van der Waals surface area (Å²) in [6.45, 7) is 3.41. The molecular weight excluding hydrogens is 186 g/mol. The Kier molecular flexibility index (Phi) is 2.72.